The molecule has 19 heteroatoms. The molecule has 4 amide bonds. The summed E-state index contributed by atoms with van der Waals surface area (Å²) < 4.78 is 70.9. The van der Waals surface area contributed by atoms with Gasteiger partial charge in [0.1, 0.15) is 29.5 Å². The van der Waals surface area contributed by atoms with Crippen molar-refractivity contribution in [3.05, 3.63) is 42.8 Å². The van der Waals surface area contributed by atoms with Crippen molar-refractivity contribution in [2.75, 3.05) is 13.2 Å². The molecule has 0 radical (unpaired) electrons. The Bertz CT molecular complexity index is 1740. The number of alkyl halides is 3. The van der Waals surface area contributed by atoms with Gasteiger partial charge in [-0.2, -0.15) is 13.2 Å². The third-order valence-electron chi connectivity index (χ3n) is 9.36. The lowest BCUT2D eigenvalue weighted by Crippen LogP contribution is -2.60. The number of cyclic esters (lactones) is 1. The summed E-state index contributed by atoms with van der Waals surface area (Å²) in [5.74, 6) is -4.68. The molecule has 1 saturated heterocycles. The number of ether oxygens (including phenoxy) is 2. The van der Waals surface area contributed by atoms with E-state index >= 15 is 0 Å². The predicted molar refractivity (Wildman–Crippen MR) is 187 cm³/mol. The molecular weight excluding hydrogens is 739 g/mol. The molecule has 3 fully saturated rings. The summed E-state index contributed by atoms with van der Waals surface area (Å²) in [6, 6.07) is -0.412. The molecular formula is C35H46F3N5O10S. The second-order valence-electron chi connectivity index (χ2n) is 14.7. The van der Waals surface area contributed by atoms with Gasteiger partial charge >= 0.3 is 18.2 Å². The van der Waals surface area contributed by atoms with Gasteiger partial charge in [-0.15, -0.1) is 6.58 Å². The third kappa shape index (κ3) is 10.7. The van der Waals surface area contributed by atoms with Crippen LogP contribution in [-0.4, -0.2) is 101 Å². The fourth-order valence-corrected chi connectivity index (χ4v) is 7.45. The Labute approximate surface area is 311 Å². The maximum Gasteiger partial charge on any atom is 0.490 e. The van der Waals surface area contributed by atoms with E-state index in [1.54, 1.807) is 39.2 Å². The van der Waals surface area contributed by atoms with Crippen molar-refractivity contribution >= 4 is 45.9 Å². The largest absolute Gasteiger partial charge is 0.490 e. The maximum atomic E-state index is 14.3. The first-order valence-corrected chi connectivity index (χ1v) is 19.1. The fourth-order valence-electron chi connectivity index (χ4n) is 6.09. The zero-order valence-electron chi connectivity index (χ0n) is 30.2. The number of hydrogen-bond donors (Lipinski definition) is 4. The van der Waals surface area contributed by atoms with Gasteiger partial charge in [-0.05, 0) is 56.4 Å². The van der Waals surface area contributed by atoms with Gasteiger partial charge in [-0.25, -0.2) is 18.0 Å². The van der Waals surface area contributed by atoms with E-state index in [1.807, 2.05) is 12.2 Å². The van der Waals surface area contributed by atoms with Crippen LogP contribution < -0.4 is 20.1 Å². The van der Waals surface area contributed by atoms with Crippen LogP contribution >= 0.6 is 0 Å². The molecule has 0 unspecified atom stereocenters. The standard InChI is InChI=1S/C33H45N5O8S.C2HF3O2/c1-5-22-18-33(22,30(41)37-47(43,44)24-12-13-24)36-28(39)25-17-23-20-38(25)29(40)27(32(2,3)4)35-31(42)45-16-10-8-6-7-9-11-21-19-34-15-14-26(21)46-23;3-2(4,5)1(6)7/h5,9,11,14-15,19,22-25,27H,1,6-8,10,12-13,16-18,20H2,2-4H3,(H,35,42)(H,36,39)(H,37,41);(H,6,7)/t22-,23-,25+,27-,33-;/m1./s1. The highest BCUT2D eigenvalue weighted by molar-refractivity contribution is 7.91. The van der Waals surface area contributed by atoms with Crippen molar-refractivity contribution in [3.8, 4) is 5.75 Å². The highest BCUT2D eigenvalue weighted by Crippen LogP contribution is 2.45. The molecule has 1 aromatic rings. The Kier molecular flexibility index (Phi) is 13.1. The van der Waals surface area contributed by atoms with E-state index in [0.29, 0.717) is 25.0 Å². The fraction of sp³-hybridized carbons (Fsp3) is 0.600. The van der Waals surface area contributed by atoms with E-state index in [2.05, 4.69) is 26.9 Å². The summed E-state index contributed by atoms with van der Waals surface area (Å²) >= 11 is 0. The maximum absolute atomic E-state index is 14.3. The number of carbonyl (C=O) groups excluding carboxylic acids is 4. The van der Waals surface area contributed by atoms with Gasteiger partial charge in [-0.3, -0.25) is 24.1 Å². The molecule has 15 nitrogen and oxygen atoms in total. The number of hydrogen-bond acceptors (Lipinski definition) is 10. The number of alkyl carbamates (subject to hydrolysis) is 1. The first-order chi connectivity index (χ1) is 25.2. The topological polar surface area (TPSA) is 210 Å². The van der Waals surface area contributed by atoms with Crippen LogP contribution in [0.5, 0.6) is 5.75 Å². The number of carbonyl (C=O) groups is 5. The molecule has 5 rings (SSSR count). The Morgan fingerprint density at radius 2 is 1.83 bits per heavy atom. The molecule has 0 aromatic carbocycles. The molecule has 3 heterocycles. The number of allylic oxidation sites excluding steroid dienone is 1. The second kappa shape index (κ2) is 16.8. The highest BCUT2D eigenvalue weighted by atomic mass is 32.2. The van der Waals surface area contributed by atoms with Gasteiger partial charge in [0.15, 0.2) is 0 Å². The SMILES string of the molecule is C=C[C@@H]1C[C@]1(NC(=O)[C@@H]1C[C@@H]2CN1C(=O)[C@H](C(C)(C)C)NC(=O)OCCCCCC=Cc1cnccc1O2)C(=O)NS(=O)(=O)C1CC1.O=C(O)C(F)(F)F. The van der Waals surface area contributed by atoms with Gasteiger partial charge in [-0.1, -0.05) is 39.0 Å². The summed E-state index contributed by atoms with van der Waals surface area (Å²) in [4.78, 5) is 69.0. The molecule has 2 aliphatic carbocycles. The number of aromatic nitrogens is 1. The molecule has 2 aliphatic heterocycles. The number of carboxylic acid groups (broad SMARTS) is 1. The van der Waals surface area contributed by atoms with Crippen LogP contribution in [0, 0.1) is 11.3 Å². The van der Waals surface area contributed by atoms with Crippen molar-refractivity contribution in [2.45, 2.75) is 107 Å². The van der Waals surface area contributed by atoms with Crippen LogP contribution in [0.25, 0.3) is 6.08 Å². The smallest absolute Gasteiger partial charge is 0.488 e. The molecule has 0 spiro atoms. The van der Waals surface area contributed by atoms with E-state index < -0.39 is 86.3 Å². The van der Waals surface area contributed by atoms with Crippen molar-refractivity contribution < 1.29 is 60.1 Å². The first-order valence-electron chi connectivity index (χ1n) is 17.5. The van der Waals surface area contributed by atoms with Crippen LogP contribution in [-0.2, 0) is 33.9 Å². The third-order valence-corrected chi connectivity index (χ3v) is 11.2. The zero-order chi connectivity index (χ0) is 40.1. The average Bonchev–Trinajstić information content (AvgIpc) is 4.01. The normalized spacial score (nSPS) is 26.5. The number of aliphatic carboxylic acids is 1. The van der Waals surface area contributed by atoms with Crippen molar-refractivity contribution in [3.63, 3.8) is 0 Å². The van der Waals surface area contributed by atoms with Crippen LogP contribution in [0.15, 0.2) is 37.2 Å². The number of sulfonamides is 1. The Hall–Kier alpha value is -4.68. The Balaban J connectivity index is 0.000000845. The van der Waals surface area contributed by atoms with Gasteiger partial charge in [0.2, 0.25) is 21.8 Å². The van der Waals surface area contributed by atoms with Crippen LogP contribution in [0.3, 0.4) is 0 Å². The Morgan fingerprint density at radius 1 is 1.15 bits per heavy atom. The van der Waals surface area contributed by atoms with Crippen molar-refractivity contribution in [2.24, 2.45) is 11.3 Å². The van der Waals surface area contributed by atoms with Gasteiger partial charge < -0.3 is 30.1 Å². The molecule has 2 bridgehead atoms. The predicted octanol–water partition coefficient (Wildman–Crippen LogP) is 3.46. The summed E-state index contributed by atoms with van der Waals surface area (Å²) in [6.45, 7) is 9.37. The minimum atomic E-state index is -5.08. The van der Waals surface area contributed by atoms with E-state index in [9.17, 15) is 40.8 Å². The first kappa shape index (κ1) is 42.1. The molecule has 2 saturated carbocycles. The molecule has 4 N–H and O–H groups in total. The highest BCUT2D eigenvalue weighted by Gasteiger charge is 2.62. The lowest BCUT2D eigenvalue weighted by atomic mass is 9.85. The average molecular weight is 786 g/mol. The number of pyridine rings is 1. The van der Waals surface area contributed by atoms with Gasteiger partial charge in [0.25, 0.3) is 5.91 Å². The quantitative estimate of drug-likeness (QED) is 0.307. The summed E-state index contributed by atoms with van der Waals surface area (Å²) in [7, 11) is -3.87. The minimum absolute atomic E-state index is 0.0197. The number of amides is 4. The lowest BCUT2D eigenvalue weighted by molar-refractivity contribution is -0.192. The summed E-state index contributed by atoms with van der Waals surface area (Å²) in [5, 5.41) is 12.0. The summed E-state index contributed by atoms with van der Waals surface area (Å²) in [5.41, 5.74) is -1.53. The van der Waals surface area contributed by atoms with E-state index in [4.69, 9.17) is 19.4 Å². The Morgan fingerprint density at radius 3 is 2.43 bits per heavy atom. The van der Waals surface area contributed by atoms with Crippen LogP contribution in [0.4, 0.5) is 18.0 Å². The molecule has 4 aliphatic rings. The molecule has 54 heavy (non-hydrogen) atoms. The minimum Gasteiger partial charge on any atom is -0.488 e. The number of halogens is 3. The number of nitrogens with zero attached hydrogens (tertiary/aromatic N) is 2. The molecule has 5 atom stereocenters. The monoisotopic (exact) mass is 785 g/mol. The summed E-state index contributed by atoms with van der Waals surface area (Å²) in [6.07, 6.45) is 6.72. The zero-order valence-corrected chi connectivity index (χ0v) is 31.0. The van der Waals surface area contributed by atoms with Crippen molar-refractivity contribution in [1.29, 1.82) is 0 Å². The van der Waals surface area contributed by atoms with Crippen LogP contribution in [0.1, 0.15) is 77.7 Å². The molecule has 298 valence electrons. The van der Waals surface area contributed by atoms with Gasteiger partial charge in [0.05, 0.1) is 18.4 Å². The van der Waals surface area contributed by atoms with Gasteiger partial charge in [0, 0.05) is 30.3 Å². The van der Waals surface area contributed by atoms with E-state index in [-0.39, 0.29) is 26.0 Å². The van der Waals surface area contributed by atoms with Crippen LogP contribution in [0.2, 0.25) is 0 Å². The van der Waals surface area contributed by atoms with E-state index in [1.165, 1.54) is 11.0 Å². The molecule has 1 aromatic heterocycles. The van der Waals surface area contributed by atoms with Crippen molar-refractivity contribution in [1.82, 2.24) is 25.2 Å². The lowest BCUT2D eigenvalue weighted by Gasteiger charge is -2.35. The number of rotatable bonds is 6. The number of carboxylic acids is 1. The number of nitrogens with one attached hydrogen (secondary N) is 3. The van der Waals surface area contributed by atoms with E-state index in [0.717, 1.165) is 24.8 Å². The second-order valence-corrected chi connectivity index (χ2v) is 16.7. The number of fused-ring (bicyclic) bond motifs is 3.